The van der Waals surface area contributed by atoms with Crippen molar-refractivity contribution in [1.29, 1.82) is 0 Å². The fourth-order valence-corrected chi connectivity index (χ4v) is 5.00. The molecule has 34 heavy (non-hydrogen) atoms. The lowest BCUT2D eigenvalue weighted by Gasteiger charge is -2.26. The second kappa shape index (κ2) is 9.03. The summed E-state index contributed by atoms with van der Waals surface area (Å²) in [6.07, 6.45) is 0.711. The van der Waals surface area contributed by atoms with E-state index in [0.717, 1.165) is 30.4 Å². The lowest BCUT2D eigenvalue weighted by Crippen LogP contribution is -2.33. The van der Waals surface area contributed by atoms with Gasteiger partial charge < -0.3 is 14.2 Å². The van der Waals surface area contributed by atoms with E-state index < -0.39 is 11.9 Å². The highest BCUT2D eigenvalue weighted by molar-refractivity contribution is 6.06. The summed E-state index contributed by atoms with van der Waals surface area (Å²) in [5.74, 6) is -0.792. The summed E-state index contributed by atoms with van der Waals surface area (Å²) >= 11 is 0. The average Bonchev–Trinajstić information content (AvgIpc) is 3.14. The largest absolute Gasteiger partial charge is 0.450 e. The fraction of sp³-hybridized carbons (Fsp3) is 0.286. The maximum absolute atomic E-state index is 15.0. The molecular weight excluding hydrogens is 431 g/mol. The Bertz CT molecular complexity index is 1440. The van der Waals surface area contributed by atoms with Gasteiger partial charge in [-0.05, 0) is 43.6 Å². The zero-order valence-electron chi connectivity index (χ0n) is 19.4. The van der Waals surface area contributed by atoms with E-state index in [2.05, 4.69) is 18.7 Å². The number of rotatable bonds is 7. The summed E-state index contributed by atoms with van der Waals surface area (Å²) in [4.78, 5) is 31.2. The van der Waals surface area contributed by atoms with Gasteiger partial charge in [-0.1, -0.05) is 62.4 Å². The second-order valence-electron chi connectivity index (χ2n) is 8.64. The zero-order chi connectivity index (χ0) is 23.8. The SMILES string of the molecule is CCN(CC)CCCN1C(=O)c2oc3c(ccc4ccccc43)c(=O)c2C1c1ccccc1F. The van der Waals surface area contributed by atoms with Crippen molar-refractivity contribution in [2.24, 2.45) is 0 Å². The molecule has 0 saturated heterocycles. The van der Waals surface area contributed by atoms with Crippen molar-refractivity contribution >= 4 is 27.6 Å². The Morgan fingerprint density at radius 1 is 0.941 bits per heavy atom. The predicted octanol–water partition coefficient (Wildman–Crippen LogP) is 5.36. The first-order chi connectivity index (χ1) is 16.5. The van der Waals surface area contributed by atoms with Gasteiger partial charge in [0.1, 0.15) is 11.4 Å². The topological polar surface area (TPSA) is 53.8 Å². The molecule has 1 unspecified atom stereocenters. The van der Waals surface area contributed by atoms with Crippen LogP contribution in [0.3, 0.4) is 0 Å². The molecule has 1 aromatic heterocycles. The van der Waals surface area contributed by atoms with Crippen LogP contribution in [-0.2, 0) is 0 Å². The van der Waals surface area contributed by atoms with Crippen LogP contribution in [-0.4, -0.2) is 41.9 Å². The monoisotopic (exact) mass is 458 g/mol. The summed E-state index contributed by atoms with van der Waals surface area (Å²) in [5, 5.41) is 2.09. The molecular formula is C28H27FN2O3. The van der Waals surface area contributed by atoms with Crippen LogP contribution >= 0.6 is 0 Å². The Morgan fingerprint density at radius 3 is 2.44 bits per heavy atom. The molecule has 3 aromatic carbocycles. The van der Waals surface area contributed by atoms with Crippen molar-refractivity contribution in [3.63, 3.8) is 0 Å². The van der Waals surface area contributed by atoms with Crippen LogP contribution in [0.4, 0.5) is 4.39 Å². The third-order valence-electron chi connectivity index (χ3n) is 6.83. The van der Waals surface area contributed by atoms with E-state index in [4.69, 9.17) is 4.42 Å². The van der Waals surface area contributed by atoms with Crippen LogP contribution in [0.1, 0.15) is 48.0 Å². The van der Waals surface area contributed by atoms with Crippen molar-refractivity contribution < 1.29 is 13.6 Å². The van der Waals surface area contributed by atoms with Crippen LogP contribution in [0.5, 0.6) is 0 Å². The van der Waals surface area contributed by atoms with Crippen molar-refractivity contribution in [3.05, 3.63) is 93.6 Å². The van der Waals surface area contributed by atoms with E-state index in [9.17, 15) is 14.0 Å². The van der Waals surface area contributed by atoms with Gasteiger partial charge in [0.2, 0.25) is 5.76 Å². The third kappa shape index (κ3) is 3.59. The van der Waals surface area contributed by atoms with Crippen molar-refractivity contribution in [3.8, 4) is 0 Å². The van der Waals surface area contributed by atoms with Gasteiger partial charge in [0.15, 0.2) is 5.43 Å². The number of carbonyl (C=O) groups excluding carboxylic acids is 1. The second-order valence-corrected chi connectivity index (χ2v) is 8.64. The number of hydrogen-bond acceptors (Lipinski definition) is 4. The summed E-state index contributed by atoms with van der Waals surface area (Å²) in [7, 11) is 0. The Labute approximate surface area is 197 Å². The fourth-order valence-electron chi connectivity index (χ4n) is 5.00. The molecule has 4 aromatic rings. The number of nitrogens with zero attached hydrogens (tertiary/aromatic N) is 2. The van der Waals surface area contributed by atoms with E-state index >= 15 is 0 Å². The molecule has 0 fully saturated rings. The molecule has 1 aliphatic rings. The summed E-state index contributed by atoms with van der Waals surface area (Å²) in [6.45, 7) is 7.24. The molecule has 1 amide bonds. The zero-order valence-corrected chi connectivity index (χ0v) is 19.4. The van der Waals surface area contributed by atoms with Gasteiger partial charge in [0.25, 0.3) is 5.91 Å². The molecule has 2 heterocycles. The molecule has 0 aliphatic carbocycles. The quantitative estimate of drug-likeness (QED) is 0.350. The Kier molecular flexibility index (Phi) is 5.92. The number of benzene rings is 3. The van der Waals surface area contributed by atoms with E-state index in [1.807, 2.05) is 30.3 Å². The smallest absolute Gasteiger partial charge is 0.290 e. The number of fused-ring (bicyclic) bond motifs is 4. The van der Waals surface area contributed by atoms with Gasteiger partial charge in [-0.15, -0.1) is 0 Å². The van der Waals surface area contributed by atoms with Gasteiger partial charge in [-0.25, -0.2) is 4.39 Å². The van der Waals surface area contributed by atoms with Gasteiger partial charge >= 0.3 is 0 Å². The number of carbonyl (C=O) groups is 1. The van der Waals surface area contributed by atoms with E-state index in [1.165, 1.54) is 6.07 Å². The molecule has 1 aliphatic heterocycles. The summed E-state index contributed by atoms with van der Waals surface area (Å²) in [5.41, 5.74) is 0.646. The standard InChI is InChI=1S/C28H27FN2O3/c1-3-30(4-2)16-9-17-31-24(20-12-7-8-13-22(20)29)23-25(32)21-15-14-18-10-5-6-11-19(18)26(21)34-27(23)28(31)33/h5-8,10-15,24H,3-4,9,16-17H2,1-2H3. The summed E-state index contributed by atoms with van der Waals surface area (Å²) < 4.78 is 21.1. The van der Waals surface area contributed by atoms with Crippen LogP contribution in [0.2, 0.25) is 0 Å². The highest BCUT2D eigenvalue weighted by atomic mass is 19.1. The third-order valence-corrected chi connectivity index (χ3v) is 6.83. The molecule has 0 bridgehead atoms. The molecule has 174 valence electrons. The maximum Gasteiger partial charge on any atom is 0.290 e. The van der Waals surface area contributed by atoms with Crippen LogP contribution in [0, 0.1) is 5.82 Å². The molecule has 5 nitrogen and oxygen atoms in total. The van der Waals surface area contributed by atoms with Gasteiger partial charge in [-0.2, -0.15) is 0 Å². The van der Waals surface area contributed by atoms with Crippen molar-refractivity contribution in [1.82, 2.24) is 9.80 Å². The molecule has 0 N–H and O–H groups in total. The van der Waals surface area contributed by atoms with E-state index in [0.29, 0.717) is 29.5 Å². The highest BCUT2D eigenvalue weighted by Gasteiger charge is 2.43. The van der Waals surface area contributed by atoms with E-state index in [1.54, 1.807) is 29.2 Å². The minimum atomic E-state index is -0.812. The van der Waals surface area contributed by atoms with Gasteiger partial charge in [-0.3, -0.25) is 9.59 Å². The van der Waals surface area contributed by atoms with E-state index in [-0.39, 0.29) is 22.7 Å². The van der Waals surface area contributed by atoms with Gasteiger partial charge in [0, 0.05) is 17.5 Å². The lowest BCUT2D eigenvalue weighted by molar-refractivity contribution is 0.0718. The number of hydrogen-bond donors (Lipinski definition) is 0. The average molecular weight is 459 g/mol. The van der Waals surface area contributed by atoms with Gasteiger partial charge in [0.05, 0.1) is 17.0 Å². The number of amides is 1. The highest BCUT2D eigenvalue weighted by Crippen LogP contribution is 2.40. The molecule has 5 rings (SSSR count). The lowest BCUT2D eigenvalue weighted by atomic mass is 9.97. The van der Waals surface area contributed by atoms with Crippen molar-refractivity contribution in [2.75, 3.05) is 26.2 Å². The first-order valence-corrected chi connectivity index (χ1v) is 11.8. The maximum atomic E-state index is 15.0. The first kappa shape index (κ1) is 22.3. The Morgan fingerprint density at radius 2 is 1.68 bits per heavy atom. The molecule has 0 spiro atoms. The Hall–Kier alpha value is -3.51. The first-order valence-electron chi connectivity index (χ1n) is 11.8. The molecule has 6 heteroatoms. The number of halogens is 1. The predicted molar refractivity (Wildman–Crippen MR) is 132 cm³/mol. The van der Waals surface area contributed by atoms with Crippen LogP contribution < -0.4 is 5.43 Å². The van der Waals surface area contributed by atoms with Crippen LogP contribution in [0.25, 0.3) is 21.7 Å². The molecule has 1 atom stereocenters. The van der Waals surface area contributed by atoms with Crippen molar-refractivity contribution in [2.45, 2.75) is 26.3 Å². The minimum absolute atomic E-state index is 0.0185. The Balaban J connectivity index is 1.67. The minimum Gasteiger partial charge on any atom is -0.450 e. The molecule has 0 radical (unpaired) electrons. The van der Waals surface area contributed by atoms with Crippen LogP contribution in [0.15, 0.2) is 69.9 Å². The normalized spacial score (nSPS) is 15.6. The summed E-state index contributed by atoms with van der Waals surface area (Å²) in [6, 6.07) is 16.7. The molecule has 0 saturated carbocycles.